The Balaban J connectivity index is 2.31. The number of benzene rings is 1. The van der Waals surface area contributed by atoms with E-state index >= 15 is 0 Å². The van der Waals surface area contributed by atoms with Crippen LogP contribution in [-0.4, -0.2) is 25.2 Å². The first-order valence-electron chi connectivity index (χ1n) is 6.65. The fourth-order valence-corrected chi connectivity index (χ4v) is 2.29. The molecule has 1 aromatic carbocycles. The summed E-state index contributed by atoms with van der Waals surface area (Å²) in [6.07, 6.45) is 4.01. The number of aliphatic imine (C=N–C) groups is 1. The van der Waals surface area contributed by atoms with Gasteiger partial charge in [0, 0.05) is 18.3 Å². The van der Waals surface area contributed by atoms with Gasteiger partial charge in [-0.3, -0.25) is 9.79 Å². The minimum Gasteiger partial charge on any atom is -0.310 e. The molecule has 1 heterocycles. The summed E-state index contributed by atoms with van der Waals surface area (Å²) in [7, 11) is 0. The Morgan fingerprint density at radius 3 is 2.72 bits per heavy atom. The van der Waals surface area contributed by atoms with Crippen molar-refractivity contribution in [2.24, 2.45) is 10.9 Å². The summed E-state index contributed by atoms with van der Waals surface area (Å²) in [5.74, 6) is 0.656. The van der Waals surface area contributed by atoms with Gasteiger partial charge >= 0.3 is 0 Å². The maximum absolute atomic E-state index is 12.2. The smallest absolute Gasteiger partial charge is 0.248 e. The first kappa shape index (κ1) is 12.8. The summed E-state index contributed by atoms with van der Waals surface area (Å²) in [6, 6.07) is 7.98. The predicted molar refractivity (Wildman–Crippen MR) is 75.3 cm³/mol. The highest BCUT2D eigenvalue weighted by molar-refractivity contribution is 6.03. The molecule has 0 saturated heterocycles. The van der Waals surface area contributed by atoms with E-state index in [1.54, 1.807) is 6.21 Å². The Labute approximate surface area is 109 Å². The second-order valence-electron chi connectivity index (χ2n) is 4.72. The van der Waals surface area contributed by atoms with Crippen LogP contribution in [0.1, 0.15) is 32.3 Å². The average molecular weight is 244 g/mol. The van der Waals surface area contributed by atoms with Crippen LogP contribution in [0.25, 0.3) is 0 Å². The molecule has 1 aliphatic rings. The summed E-state index contributed by atoms with van der Waals surface area (Å²) in [4.78, 5) is 18.2. The lowest BCUT2D eigenvalue weighted by molar-refractivity contribution is -0.117. The Bertz CT molecular complexity index is 450. The van der Waals surface area contributed by atoms with Gasteiger partial charge in [-0.1, -0.05) is 44.9 Å². The van der Waals surface area contributed by atoms with Crippen LogP contribution in [0, 0.1) is 5.92 Å². The SMILES string of the molecule is CCC(CC)CN1C(=O)CN=Cc2ccccc21. The highest BCUT2D eigenvalue weighted by Gasteiger charge is 2.22. The number of hydrogen-bond donors (Lipinski definition) is 0. The maximum Gasteiger partial charge on any atom is 0.248 e. The number of benzodiazepines with no additional fused rings is 1. The number of hydrogen-bond acceptors (Lipinski definition) is 2. The Hall–Kier alpha value is -1.64. The average Bonchev–Trinajstić information content (AvgIpc) is 2.55. The fourth-order valence-electron chi connectivity index (χ4n) is 2.29. The van der Waals surface area contributed by atoms with Crippen molar-refractivity contribution in [2.45, 2.75) is 26.7 Å². The van der Waals surface area contributed by atoms with Gasteiger partial charge in [-0.05, 0) is 12.0 Å². The van der Waals surface area contributed by atoms with Gasteiger partial charge in [0.05, 0.1) is 5.69 Å². The van der Waals surface area contributed by atoms with Crippen LogP contribution in [0.5, 0.6) is 0 Å². The van der Waals surface area contributed by atoms with Crippen molar-refractivity contribution >= 4 is 17.8 Å². The molecule has 0 aromatic heterocycles. The molecule has 1 aromatic rings. The topological polar surface area (TPSA) is 32.7 Å². The van der Waals surface area contributed by atoms with E-state index < -0.39 is 0 Å². The number of anilines is 1. The summed E-state index contributed by atoms with van der Waals surface area (Å²) in [5, 5.41) is 0. The summed E-state index contributed by atoms with van der Waals surface area (Å²) < 4.78 is 0. The highest BCUT2D eigenvalue weighted by Crippen LogP contribution is 2.23. The zero-order valence-corrected chi connectivity index (χ0v) is 11.1. The van der Waals surface area contributed by atoms with Gasteiger partial charge in [-0.2, -0.15) is 0 Å². The third-order valence-corrected chi connectivity index (χ3v) is 3.58. The molecular formula is C15H20N2O. The van der Waals surface area contributed by atoms with Crippen molar-refractivity contribution in [1.29, 1.82) is 0 Å². The van der Waals surface area contributed by atoms with Gasteiger partial charge in [0.2, 0.25) is 5.91 Å². The standard InChI is InChI=1S/C15H20N2O/c1-3-12(4-2)11-17-14-8-6-5-7-13(14)9-16-10-15(17)18/h5-9,12H,3-4,10-11H2,1-2H3. The van der Waals surface area contributed by atoms with Gasteiger partial charge < -0.3 is 4.90 Å². The molecule has 0 saturated carbocycles. The third-order valence-electron chi connectivity index (χ3n) is 3.58. The maximum atomic E-state index is 12.2. The lowest BCUT2D eigenvalue weighted by atomic mass is 10.0. The molecule has 2 rings (SSSR count). The van der Waals surface area contributed by atoms with Crippen molar-refractivity contribution in [3.8, 4) is 0 Å². The minimum atomic E-state index is 0.100. The van der Waals surface area contributed by atoms with Crippen LogP contribution in [0.4, 0.5) is 5.69 Å². The molecule has 0 aliphatic carbocycles. The van der Waals surface area contributed by atoms with Crippen LogP contribution < -0.4 is 4.90 Å². The molecule has 0 bridgehead atoms. The monoisotopic (exact) mass is 244 g/mol. The van der Waals surface area contributed by atoms with Crippen LogP contribution in [-0.2, 0) is 4.79 Å². The van der Waals surface area contributed by atoms with Gasteiger partial charge in [0.15, 0.2) is 0 Å². The molecule has 0 fully saturated rings. The van der Waals surface area contributed by atoms with E-state index in [9.17, 15) is 4.79 Å². The van der Waals surface area contributed by atoms with E-state index in [1.165, 1.54) is 0 Å². The lowest BCUT2D eigenvalue weighted by Gasteiger charge is -2.26. The normalized spacial score (nSPS) is 14.8. The Morgan fingerprint density at radius 1 is 1.28 bits per heavy atom. The molecule has 3 nitrogen and oxygen atoms in total. The third kappa shape index (κ3) is 2.61. The number of nitrogens with zero attached hydrogens (tertiary/aromatic N) is 2. The van der Waals surface area contributed by atoms with Crippen molar-refractivity contribution < 1.29 is 4.79 Å². The quantitative estimate of drug-likeness (QED) is 0.801. The van der Waals surface area contributed by atoms with E-state index in [-0.39, 0.29) is 12.5 Å². The van der Waals surface area contributed by atoms with E-state index in [2.05, 4.69) is 18.8 Å². The van der Waals surface area contributed by atoms with E-state index in [1.807, 2.05) is 29.2 Å². The largest absolute Gasteiger partial charge is 0.310 e. The molecular weight excluding hydrogens is 224 g/mol. The number of para-hydroxylation sites is 1. The molecule has 1 aliphatic heterocycles. The molecule has 3 heteroatoms. The van der Waals surface area contributed by atoms with Gasteiger partial charge in [0.1, 0.15) is 6.54 Å². The molecule has 0 spiro atoms. The number of carbonyl (C=O) groups is 1. The molecule has 0 N–H and O–H groups in total. The van der Waals surface area contributed by atoms with Crippen LogP contribution in [0.2, 0.25) is 0 Å². The molecule has 0 radical (unpaired) electrons. The van der Waals surface area contributed by atoms with Crippen molar-refractivity contribution in [3.63, 3.8) is 0 Å². The second-order valence-corrected chi connectivity index (χ2v) is 4.72. The Kier molecular flexibility index (Phi) is 4.13. The van der Waals surface area contributed by atoms with Gasteiger partial charge in [0.25, 0.3) is 0 Å². The zero-order valence-electron chi connectivity index (χ0n) is 11.1. The van der Waals surface area contributed by atoms with E-state index in [0.717, 1.165) is 30.6 Å². The zero-order chi connectivity index (χ0) is 13.0. The fraction of sp³-hybridized carbons (Fsp3) is 0.467. The molecule has 96 valence electrons. The minimum absolute atomic E-state index is 0.100. The molecule has 0 unspecified atom stereocenters. The van der Waals surface area contributed by atoms with Crippen molar-refractivity contribution in [1.82, 2.24) is 0 Å². The van der Waals surface area contributed by atoms with Crippen molar-refractivity contribution in [3.05, 3.63) is 29.8 Å². The molecule has 1 amide bonds. The first-order chi connectivity index (χ1) is 8.76. The first-order valence-corrected chi connectivity index (χ1v) is 6.65. The Morgan fingerprint density at radius 2 is 2.00 bits per heavy atom. The second kappa shape index (κ2) is 5.80. The number of carbonyl (C=O) groups excluding carboxylic acids is 1. The van der Waals surface area contributed by atoms with Gasteiger partial charge in [-0.15, -0.1) is 0 Å². The number of rotatable bonds is 4. The molecule has 0 atom stereocenters. The summed E-state index contributed by atoms with van der Waals surface area (Å²) in [5.41, 5.74) is 2.03. The van der Waals surface area contributed by atoms with Crippen LogP contribution >= 0.6 is 0 Å². The van der Waals surface area contributed by atoms with Crippen LogP contribution in [0.3, 0.4) is 0 Å². The summed E-state index contributed by atoms with van der Waals surface area (Å²) in [6.45, 7) is 5.42. The highest BCUT2D eigenvalue weighted by atomic mass is 16.2. The predicted octanol–water partition coefficient (Wildman–Crippen LogP) is 2.89. The van der Waals surface area contributed by atoms with E-state index in [0.29, 0.717) is 5.92 Å². The van der Waals surface area contributed by atoms with Crippen molar-refractivity contribution in [2.75, 3.05) is 18.0 Å². The number of amides is 1. The lowest BCUT2D eigenvalue weighted by Crippen LogP contribution is -2.36. The van der Waals surface area contributed by atoms with E-state index in [4.69, 9.17) is 0 Å². The van der Waals surface area contributed by atoms with Gasteiger partial charge in [-0.25, -0.2) is 0 Å². The number of fused-ring (bicyclic) bond motifs is 1. The summed E-state index contributed by atoms with van der Waals surface area (Å²) >= 11 is 0. The molecule has 18 heavy (non-hydrogen) atoms. The van der Waals surface area contributed by atoms with Crippen LogP contribution in [0.15, 0.2) is 29.3 Å².